The van der Waals surface area contributed by atoms with Gasteiger partial charge in [-0.25, -0.2) is 4.39 Å². The summed E-state index contributed by atoms with van der Waals surface area (Å²) in [4.78, 5) is 11.9. The number of carbonyl (C=O) groups is 1. The Labute approximate surface area is 124 Å². The number of halogens is 1. The number of benzene rings is 2. The van der Waals surface area contributed by atoms with Gasteiger partial charge in [-0.2, -0.15) is 0 Å². The van der Waals surface area contributed by atoms with Gasteiger partial charge in [0.1, 0.15) is 5.82 Å². The first-order chi connectivity index (χ1) is 10.2. The van der Waals surface area contributed by atoms with Gasteiger partial charge in [-0.15, -0.1) is 0 Å². The van der Waals surface area contributed by atoms with Gasteiger partial charge in [0.25, 0.3) is 0 Å². The number of hydrogen-bond donors (Lipinski definition) is 2. The fourth-order valence-corrected chi connectivity index (χ4v) is 2.08. The molecule has 2 N–H and O–H groups in total. The largest absolute Gasteiger partial charge is 0.382 e. The topological polar surface area (TPSA) is 41.1 Å². The minimum Gasteiger partial charge on any atom is -0.382 e. The summed E-state index contributed by atoms with van der Waals surface area (Å²) in [5.41, 5.74) is 2.36. The number of aryl methyl sites for hydroxylation is 1. The van der Waals surface area contributed by atoms with Crippen LogP contribution in [0.4, 0.5) is 15.8 Å². The van der Waals surface area contributed by atoms with Crippen LogP contribution in [0.3, 0.4) is 0 Å². The van der Waals surface area contributed by atoms with Crippen molar-refractivity contribution in [3.63, 3.8) is 0 Å². The predicted molar refractivity (Wildman–Crippen MR) is 84.0 cm³/mol. The molecular formula is C17H19FN2O. The van der Waals surface area contributed by atoms with Gasteiger partial charge in [-0.3, -0.25) is 4.79 Å². The number of amides is 1. The van der Waals surface area contributed by atoms with Gasteiger partial charge in [0, 0.05) is 18.7 Å². The first-order valence-electron chi connectivity index (χ1n) is 7.07. The van der Waals surface area contributed by atoms with Crippen LogP contribution in [0.1, 0.15) is 18.9 Å². The van der Waals surface area contributed by atoms with Crippen molar-refractivity contribution in [2.45, 2.75) is 19.8 Å². The van der Waals surface area contributed by atoms with Gasteiger partial charge >= 0.3 is 0 Å². The zero-order valence-corrected chi connectivity index (χ0v) is 12.0. The molecule has 0 radical (unpaired) electrons. The standard InChI is InChI=1S/C17H19FN2O/c1-2-13-7-3-5-9-15(13)20-17(21)11-12-19-16-10-6-4-8-14(16)18/h3-10,19H,2,11-12H2,1H3,(H,20,21). The fourth-order valence-electron chi connectivity index (χ4n) is 2.08. The van der Waals surface area contributed by atoms with Crippen molar-refractivity contribution in [3.8, 4) is 0 Å². The molecule has 0 saturated heterocycles. The Balaban J connectivity index is 1.84. The van der Waals surface area contributed by atoms with Crippen LogP contribution in [0.15, 0.2) is 48.5 Å². The van der Waals surface area contributed by atoms with Crippen molar-refractivity contribution >= 4 is 17.3 Å². The van der Waals surface area contributed by atoms with Crippen molar-refractivity contribution in [2.75, 3.05) is 17.2 Å². The summed E-state index contributed by atoms with van der Waals surface area (Å²) in [5.74, 6) is -0.394. The van der Waals surface area contributed by atoms with E-state index in [9.17, 15) is 9.18 Å². The summed E-state index contributed by atoms with van der Waals surface area (Å²) in [5, 5.41) is 5.81. The molecule has 0 aliphatic rings. The van der Waals surface area contributed by atoms with Crippen LogP contribution >= 0.6 is 0 Å². The third-order valence-corrected chi connectivity index (χ3v) is 3.21. The molecule has 3 nitrogen and oxygen atoms in total. The van der Waals surface area contributed by atoms with Crippen LogP contribution in [0.2, 0.25) is 0 Å². The highest BCUT2D eigenvalue weighted by Gasteiger charge is 2.06. The Morgan fingerprint density at radius 2 is 1.71 bits per heavy atom. The summed E-state index contributed by atoms with van der Waals surface area (Å²) >= 11 is 0. The SMILES string of the molecule is CCc1ccccc1NC(=O)CCNc1ccccc1F. The van der Waals surface area contributed by atoms with Crippen LogP contribution in [-0.2, 0) is 11.2 Å². The lowest BCUT2D eigenvalue weighted by atomic mass is 10.1. The molecule has 0 aliphatic carbocycles. The van der Waals surface area contributed by atoms with Crippen molar-refractivity contribution < 1.29 is 9.18 Å². The van der Waals surface area contributed by atoms with E-state index in [1.54, 1.807) is 18.2 Å². The van der Waals surface area contributed by atoms with Crippen LogP contribution in [-0.4, -0.2) is 12.5 Å². The van der Waals surface area contributed by atoms with E-state index in [1.807, 2.05) is 31.2 Å². The molecule has 0 aromatic heterocycles. The fraction of sp³-hybridized carbons (Fsp3) is 0.235. The molecule has 0 heterocycles. The summed E-state index contributed by atoms with van der Waals surface area (Å²) < 4.78 is 13.4. The maximum atomic E-state index is 13.4. The Hall–Kier alpha value is -2.36. The van der Waals surface area contributed by atoms with Crippen LogP contribution < -0.4 is 10.6 Å². The molecule has 0 aliphatic heterocycles. The highest BCUT2D eigenvalue weighted by atomic mass is 19.1. The van der Waals surface area contributed by atoms with Crippen LogP contribution in [0.25, 0.3) is 0 Å². The summed E-state index contributed by atoms with van der Waals surface area (Å²) in [7, 11) is 0. The van der Waals surface area contributed by atoms with Crippen molar-refractivity contribution in [3.05, 3.63) is 59.9 Å². The second-order valence-corrected chi connectivity index (χ2v) is 4.72. The molecule has 0 bridgehead atoms. The zero-order valence-electron chi connectivity index (χ0n) is 12.0. The number of para-hydroxylation sites is 2. The lowest BCUT2D eigenvalue weighted by Gasteiger charge is -2.10. The number of nitrogens with one attached hydrogen (secondary N) is 2. The van der Waals surface area contributed by atoms with Gasteiger partial charge in [-0.1, -0.05) is 37.3 Å². The average molecular weight is 286 g/mol. The van der Waals surface area contributed by atoms with Crippen LogP contribution in [0.5, 0.6) is 0 Å². The second-order valence-electron chi connectivity index (χ2n) is 4.72. The first-order valence-corrected chi connectivity index (χ1v) is 7.07. The van der Waals surface area contributed by atoms with Crippen molar-refractivity contribution in [1.29, 1.82) is 0 Å². The maximum Gasteiger partial charge on any atom is 0.226 e. The molecule has 0 saturated carbocycles. The summed E-state index contributed by atoms with van der Waals surface area (Å²) in [6.45, 7) is 2.44. The zero-order chi connectivity index (χ0) is 15.1. The lowest BCUT2D eigenvalue weighted by molar-refractivity contribution is -0.115. The summed E-state index contributed by atoms with van der Waals surface area (Å²) in [6.07, 6.45) is 1.15. The Morgan fingerprint density at radius 1 is 1.05 bits per heavy atom. The highest BCUT2D eigenvalue weighted by molar-refractivity contribution is 5.91. The average Bonchev–Trinajstić information content (AvgIpc) is 2.50. The number of anilines is 2. The highest BCUT2D eigenvalue weighted by Crippen LogP contribution is 2.16. The van der Waals surface area contributed by atoms with E-state index in [2.05, 4.69) is 10.6 Å². The van der Waals surface area contributed by atoms with Crippen LogP contribution in [0, 0.1) is 5.82 Å². The molecular weight excluding hydrogens is 267 g/mol. The minimum absolute atomic E-state index is 0.0836. The minimum atomic E-state index is -0.311. The van der Waals surface area contributed by atoms with E-state index in [4.69, 9.17) is 0 Å². The van der Waals surface area contributed by atoms with Gasteiger partial charge in [0.2, 0.25) is 5.91 Å². The number of hydrogen-bond acceptors (Lipinski definition) is 2. The molecule has 0 unspecified atom stereocenters. The first kappa shape index (κ1) is 15.0. The molecule has 21 heavy (non-hydrogen) atoms. The third kappa shape index (κ3) is 4.31. The molecule has 2 rings (SSSR count). The Kier molecular flexibility index (Phi) is 5.32. The van der Waals surface area contributed by atoms with E-state index < -0.39 is 0 Å². The van der Waals surface area contributed by atoms with E-state index in [1.165, 1.54) is 6.07 Å². The van der Waals surface area contributed by atoms with E-state index in [-0.39, 0.29) is 18.1 Å². The van der Waals surface area contributed by atoms with Gasteiger partial charge in [-0.05, 0) is 30.2 Å². The molecule has 2 aromatic rings. The Bertz CT molecular complexity index is 613. The predicted octanol–water partition coefficient (Wildman–Crippen LogP) is 3.83. The van der Waals surface area contributed by atoms with E-state index >= 15 is 0 Å². The smallest absolute Gasteiger partial charge is 0.226 e. The van der Waals surface area contributed by atoms with E-state index in [0.717, 1.165) is 17.7 Å². The normalized spacial score (nSPS) is 10.2. The molecule has 0 atom stereocenters. The number of rotatable bonds is 6. The van der Waals surface area contributed by atoms with Gasteiger partial charge in [0.05, 0.1) is 5.69 Å². The molecule has 1 amide bonds. The second kappa shape index (κ2) is 7.43. The number of carbonyl (C=O) groups excluding carboxylic acids is 1. The van der Waals surface area contributed by atoms with E-state index in [0.29, 0.717) is 12.2 Å². The third-order valence-electron chi connectivity index (χ3n) is 3.21. The van der Waals surface area contributed by atoms with Crippen molar-refractivity contribution in [1.82, 2.24) is 0 Å². The summed E-state index contributed by atoms with van der Waals surface area (Å²) in [6, 6.07) is 14.2. The molecule has 2 aromatic carbocycles. The molecule has 110 valence electrons. The molecule has 0 fully saturated rings. The van der Waals surface area contributed by atoms with Gasteiger partial charge < -0.3 is 10.6 Å². The molecule has 4 heteroatoms. The Morgan fingerprint density at radius 3 is 2.43 bits per heavy atom. The maximum absolute atomic E-state index is 13.4. The lowest BCUT2D eigenvalue weighted by Crippen LogP contribution is -2.17. The monoisotopic (exact) mass is 286 g/mol. The van der Waals surface area contributed by atoms with Gasteiger partial charge in [0.15, 0.2) is 0 Å². The quantitative estimate of drug-likeness (QED) is 0.847. The molecule has 0 spiro atoms. The van der Waals surface area contributed by atoms with Crippen molar-refractivity contribution in [2.24, 2.45) is 0 Å².